The minimum absolute atomic E-state index is 0.154. The van der Waals surface area contributed by atoms with Crippen LogP contribution >= 0.6 is 18.5 Å². The molecular formula is C32H34P2. The molecule has 0 aliphatic heterocycles. The fraction of sp³-hybridized carbons (Fsp3) is 0.250. The molecule has 0 N–H and O–H groups in total. The summed E-state index contributed by atoms with van der Waals surface area (Å²) >= 11 is 0. The van der Waals surface area contributed by atoms with Gasteiger partial charge in [0.2, 0.25) is 0 Å². The highest BCUT2D eigenvalue weighted by Crippen LogP contribution is 2.60. The summed E-state index contributed by atoms with van der Waals surface area (Å²) in [4.78, 5) is 0. The van der Waals surface area contributed by atoms with Crippen molar-refractivity contribution in [1.29, 1.82) is 0 Å². The van der Waals surface area contributed by atoms with E-state index < -0.39 is 0 Å². The van der Waals surface area contributed by atoms with E-state index in [0.717, 1.165) is 0 Å². The minimum atomic E-state index is -0.154. The molecule has 1 aliphatic carbocycles. The lowest BCUT2D eigenvalue weighted by molar-refractivity contribution is 0.168. The van der Waals surface area contributed by atoms with Gasteiger partial charge in [-0.2, -0.15) is 0 Å². The number of hydrogen-bond acceptors (Lipinski definition) is 0. The van der Waals surface area contributed by atoms with Gasteiger partial charge in [-0.3, -0.25) is 0 Å². The van der Waals surface area contributed by atoms with E-state index in [9.17, 15) is 0 Å². The van der Waals surface area contributed by atoms with E-state index in [4.69, 9.17) is 0 Å². The smallest absolute Gasteiger partial charge is 0.0375 e. The molecule has 172 valence electrons. The molecule has 4 aromatic rings. The normalized spacial score (nSPS) is 19.0. The van der Waals surface area contributed by atoms with Crippen molar-refractivity contribution in [3.05, 3.63) is 144 Å². The first-order valence-corrected chi connectivity index (χ1v) is 13.6. The Morgan fingerprint density at radius 1 is 0.412 bits per heavy atom. The minimum Gasteiger partial charge on any atom is -0.121 e. The van der Waals surface area contributed by atoms with Gasteiger partial charge in [-0.1, -0.05) is 134 Å². The van der Waals surface area contributed by atoms with Gasteiger partial charge in [0.25, 0.3) is 0 Å². The van der Waals surface area contributed by atoms with E-state index in [1.165, 1.54) is 47.9 Å². The van der Waals surface area contributed by atoms with Crippen molar-refractivity contribution in [3.63, 3.8) is 0 Å². The van der Waals surface area contributed by atoms with E-state index in [2.05, 4.69) is 140 Å². The van der Waals surface area contributed by atoms with Gasteiger partial charge < -0.3 is 0 Å². The average molecular weight is 481 g/mol. The summed E-state index contributed by atoms with van der Waals surface area (Å²) in [7, 11) is 6.72. The third-order valence-corrected chi connectivity index (χ3v) is 10.1. The molecule has 0 bridgehead atoms. The zero-order valence-corrected chi connectivity index (χ0v) is 22.0. The van der Waals surface area contributed by atoms with Crippen LogP contribution in [-0.2, 0) is 10.3 Å². The Balaban J connectivity index is 1.72. The van der Waals surface area contributed by atoms with Crippen molar-refractivity contribution >= 4 is 18.5 Å². The molecule has 0 heterocycles. The van der Waals surface area contributed by atoms with Crippen LogP contribution in [0.25, 0.3) is 0 Å². The summed E-state index contributed by atoms with van der Waals surface area (Å²) < 4.78 is 0. The molecule has 1 fully saturated rings. The van der Waals surface area contributed by atoms with Crippen LogP contribution in [0.2, 0.25) is 0 Å². The van der Waals surface area contributed by atoms with Crippen LogP contribution in [0.15, 0.2) is 121 Å². The molecule has 1 aliphatic rings. The predicted molar refractivity (Wildman–Crippen MR) is 152 cm³/mol. The van der Waals surface area contributed by atoms with Gasteiger partial charge in [0.15, 0.2) is 0 Å². The van der Waals surface area contributed by atoms with Crippen LogP contribution in [0.3, 0.4) is 0 Å². The van der Waals surface area contributed by atoms with Gasteiger partial charge in [-0.25, -0.2) is 0 Å². The summed E-state index contributed by atoms with van der Waals surface area (Å²) in [5, 5.41) is -0.308. The maximum Gasteiger partial charge on any atom is 0.0375 e. The van der Waals surface area contributed by atoms with Crippen LogP contribution in [0.4, 0.5) is 0 Å². The van der Waals surface area contributed by atoms with Crippen LogP contribution in [-0.4, -0.2) is 0 Å². The standard InChI is InChI=1S/C32H34P2/c33-31(25-15-5-1-6-16-25,26-17-7-2-8-18-26)29-23-13-14-24-30(29)32(34,27-19-9-3-10-20-27)28-21-11-4-12-22-28/h1-12,15-22,29-30H,13-14,23-24,33-34H2. The molecular weight excluding hydrogens is 446 g/mol. The second kappa shape index (κ2) is 10.2. The molecule has 2 heteroatoms. The fourth-order valence-corrected chi connectivity index (χ4v) is 7.83. The van der Waals surface area contributed by atoms with Crippen LogP contribution in [0.1, 0.15) is 47.9 Å². The lowest BCUT2D eigenvalue weighted by Gasteiger charge is -2.52. The van der Waals surface area contributed by atoms with Gasteiger partial charge >= 0.3 is 0 Å². The van der Waals surface area contributed by atoms with E-state index >= 15 is 0 Å². The Labute approximate surface area is 209 Å². The van der Waals surface area contributed by atoms with E-state index in [0.29, 0.717) is 11.8 Å². The molecule has 0 radical (unpaired) electrons. The predicted octanol–water partition coefficient (Wildman–Crippen LogP) is 8.43. The Hall–Kier alpha value is -2.26. The van der Waals surface area contributed by atoms with Crippen molar-refractivity contribution in [1.82, 2.24) is 0 Å². The Kier molecular flexibility index (Phi) is 7.01. The van der Waals surface area contributed by atoms with Crippen LogP contribution in [0.5, 0.6) is 0 Å². The fourth-order valence-electron chi connectivity index (χ4n) is 6.27. The highest BCUT2D eigenvalue weighted by Gasteiger charge is 2.50. The first-order valence-electron chi connectivity index (χ1n) is 12.4. The highest BCUT2D eigenvalue weighted by molar-refractivity contribution is 7.19. The molecule has 0 spiro atoms. The molecule has 1 saturated carbocycles. The Morgan fingerprint density at radius 3 is 0.882 bits per heavy atom. The maximum absolute atomic E-state index is 3.36. The third-order valence-electron chi connectivity index (χ3n) is 7.94. The number of rotatable bonds is 6. The van der Waals surface area contributed by atoms with E-state index in [1.807, 2.05) is 0 Å². The monoisotopic (exact) mass is 480 g/mol. The average Bonchev–Trinajstić information content (AvgIpc) is 2.94. The zero-order chi connectivity index (χ0) is 23.4. The number of hydrogen-bond donors (Lipinski definition) is 0. The molecule has 0 nitrogen and oxygen atoms in total. The maximum atomic E-state index is 3.36. The highest BCUT2D eigenvalue weighted by atomic mass is 31.0. The summed E-state index contributed by atoms with van der Waals surface area (Å²) in [6.45, 7) is 0. The van der Waals surface area contributed by atoms with Gasteiger partial charge in [0.1, 0.15) is 0 Å². The van der Waals surface area contributed by atoms with Crippen molar-refractivity contribution in [2.45, 2.75) is 36.0 Å². The molecule has 4 unspecified atom stereocenters. The van der Waals surface area contributed by atoms with Crippen molar-refractivity contribution in [3.8, 4) is 0 Å². The topological polar surface area (TPSA) is 0 Å². The molecule has 0 amide bonds. The van der Waals surface area contributed by atoms with Crippen molar-refractivity contribution < 1.29 is 0 Å². The summed E-state index contributed by atoms with van der Waals surface area (Å²) in [5.74, 6) is 0.933. The zero-order valence-electron chi connectivity index (χ0n) is 19.7. The van der Waals surface area contributed by atoms with Crippen molar-refractivity contribution in [2.75, 3.05) is 0 Å². The van der Waals surface area contributed by atoms with E-state index in [-0.39, 0.29) is 10.3 Å². The van der Waals surface area contributed by atoms with Crippen LogP contribution < -0.4 is 0 Å². The summed E-state index contributed by atoms with van der Waals surface area (Å²) in [6.07, 6.45) is 4.99. The summed E-state index contributed by atoms with van der Waals surface area (Å²) in [6, 6.07) is 44.6. The van der Waals surface area contributed by atoms with Crippen molar-refractivity contribution in [2.24, 2.45) is 11.8 Å². The third kappa shape index (κ3) is 4.17. The molecule has 0 saturated heterocycles. The number of benzene rings is 4. The lowest BCUT2D eigenvalue weighted by Crippen LogP contribution is -2.45. The Bertz CT molecular complexity index is 997. The van der Waals surface area contributed by atoms with Gasteiger partial charge in [-0.05, 0) is 46.9 Å². The van der Waals surface area contributed by atoms with Gasteiger partial charge in [0.05, 0.1) is 0 Å². The second-order valence-corrected chi connectivity index (χ2v) is 11.5. The largest absolute Gasteiger partial charge is 0.121 e. The molecule has 0 aromatic heterocycles. The lowest BCUT2D eigenvalue weighted by atomic mass is 9.60. The van der Waals surface area contributed by atoms with Gasteiger partial charge in [-0.15, -0.1) is 18.5 Å². The summed E-state index contributed by atoms with van der Waals surface area (Å²) in [5.41, 5.74) is 5.54. The van der Waals surface area contributed by atoms with E-state index in [1.54, 1.807) is 0 Å². The Morgan fingerprint density at radius 2 is 0.647 bits per heavy atom. The molecule has 34 heavy (non-hydrogen) atoms. The molecule has 4 aromatic carbocycles. The second-order valence-electron chi connectivity index (χ2n) is 9.70. The van der Waals surface area contributed by atoms with Crippen LogP contribution in [0, 0.1) is 11.8 Å². The molecule has 4 atom stereocenters. The quantitative estimate of drug-likeness (QED) is 0.243. The van der Waals surface area contributed by atoms with Gasteiger partial charge in [0, 0.05) is 10.3 Å². The first kappa shape index (κ1) is 23.5. The first-order chi connectivity index (χ1) is 16.6. The SMILES string of the molecule is PC(c1ccccc1)(c1ccccc1)C1CCCCC1C(P)(c1ccccc1)c1ccccc1. The molecule has 5 rings (SSSR count).